The van der Waals surface area contributed by atoms with Gasteiger partial charge in [-0.15, -0.1) is 5.10 Å². The number of hydrogen-bond acceptors (Lipinski definition) is 4. The third kappa shape index (κ3) is 2.88. The summed E-state index contributed by atoms with van der Waals surface area (Å²) >= 11 is 0. The van der Waals surface area contributed by atoms with E-state index in [4.69, 9.17) is 4.74 Å². The van der Waals surface area contributed by atoms with Crippen molar-refractivity contribution in [2.24, 2.45) is 0 Å². The van der Waals surface area contributed by atoms with Crippen molar-refractivity contribution in [2.75, 3.05) is 0 Å². The Hall–Kier alpha value is -0.940. The highest BCUT2D eigenvalue weighted by Gasteiger charge is 2.40. The van der Waals surface area contributed by atoms with Crippen LogP contribution in [0.2, 0.25) is 0 Å². The molecule has 2 aliphatic rings. The molecule has 1 aliphatic heterocycles. The molecule has 1 unspecified atom stereocenters. The van der Waals surface area contributed by atoms with E-state index in [1.165, 1.54) is 38.5 Å². The van der Waals surface area contributed by atoms with Gasteiger partial charge in [-0.1, -0.05) is 24.5 Å². The Balaban J connectivity index is 1.60. The molecule has 112 valence electrons. The quantitative estimate of drug-likeness (QED) is 0.923. The molecule has 1 aromatic heterocycles. The van der Waals surface area contributed by atoms with E-state index >= 15 is 0 Å². The maximum Gasteiger partial charge on any atom is 0.114 e. The average molecular weight is 279 g/mol. The van der Waals surface area contributed by atoms with Crippen LogP contribution >= 0.6 is 0 Å². The molecule has 1 saturated carbocycles. The number of ether oxygens (including phenoxy) is 1. The molecule has 1 atom stereocenters. The highest BCUT2D eigenvalue weighted by atomic mass is 16.5. The van der Waals surface area contributed by atoms with Gasteiger partial charge in [0.25, 0.3) is 0 Å². The monoisotopic (exact) mass is 279 g/mol. The van der Waals surface area contributed by atoms with Gasteiger partial charge in [-0.25, -0.2) is 4.68 Å². The second kappa shape index (κ2) is 5.11. The van der Waals surface area contributed by atoms with Crippen molar-refractivity contribution in [2.45, 2.75) is 82.6 Å². The first-order valence-electron chi connectivity index (χ1n) is 7.78. The Morgan fingerprint density at radius 1 is 1.35 bits per heavy atom. The molecule has 5 heteroatoms. The molecule has 0 radical (unpaired) electrons. The van der Waals surface area contributed by atoms with Gasteiger partial charge in [0.15, 0.2) is 0 Å². The lowest BCUT2D eigenvalue weighted by atomic mass is 9.83. The van der Waals surface area contributed by atoms with E-state index in [0.717, 1.165) is 13.0 Å². The van der Waals surface area contributed by atoms with Crippen molar-refractivity contribution < 1.29 is 9.84 Å². The minimum absolute atomic E-state index is 0.155. The molecule has 2 fully saturated rings. The molecule has 1 aromatic rings. The average Bonchev–Trinajstić information content (AvgIpc) is 2.99. The van der Waals surface area contributed by atoms with E-state index < -0.39 is 5.60 Å². The fourth-order valence-corrected chi connectivity index (χ4v) is 3.46. The Kier molecular flexibility index (Phi) is 3.58. The molecule has 2 heterocycles. The fraction of sp³-hybridized carbons (Fsp3) is 0.867. The summed E-state index contributed by atoms with van der Waals surface area (Å²) in [4.78, 5) is 0. The van der Waals surface area contributed by atoms with Gasteiger partial charge in [0.2, 0.25) is 0 Å². The van der Waals surface area contributed by atoms with Crippen LogP contribution in [0.4, 0.5) is 0 Å². The Morgan fingerprint density at radius 3 is 2.75 bits per heavy atom. The summed E-state index contributed by atoms with van der Waals surface area (Å²) < 4.78 is 8.14. The number of aliphatic hydroxyl groups is 1. The summed E-state index contributed by atoms with van der Waals surface area (Å²) in [6, 6.07) is 0. The Labute approximate surface area is 120 Å². The third-order valence-corrected chi connectivity index (χ3v) is 4.66. The summed E-state index contributed by atoms with van der Waals surface area (Å²) in [7, 11) is 0. The lowest BCUT2D eigenvalue weighted by Crippen LogP contribution is -2.32. The lowest BCUT2D eigenvalue weighted by Gasteiger charge is -2.33. The molecule has 0 bridgehead atoms. The van der Waals surface area contributed by atoms with Gasteiger partial charge in [0.05, 0.1) is 24.4 Å². The van der Waals surface area contributed by atoms with E-state index in [9.17, 15) is 5.11 Å². The highest BCUT2D eigenvalue weighted by molar-refractivity contribution is 5.03. The van der Waals surface area contributed by atoms with Gasteiger partial charge in [0, 0.05) is 0 Å². The summed E-state index contributed by atoms with van der Waals surface area (Å²) in [6.07, 6.45) is 10.8. The van der Waals surface area contributed by atoms with Crippen molar-refractivity contribution in [3.05, 3.63) is 11.9 Å². The van der Waals surface area contributed by atoms with Gasteiger partial charge in [0.1, 0.15) is 11.3 Å². The molecule has 0 aromatic carbocycles. The van der Waals surface area contributed by atoms with Crippen LogP contribution in [0, 0.1) is 0 Å². The highest BCUT2D eigenvalue weighted by Crippen LogP contribution is 2.42. The van der Waals surface area contributed by atoms with Crippen molar-refractivity contribution in [3.63, 3.8) is 0 Å². The normalized spacial score (nSPS) is 26.2. The van der Waals surface area contributed by atoms with Gasteiger partial charge >= 0.3 is 0 Å². The minimum Gasteiger partial charge on any atom is -0.384 e. The van der Waals surface area contributed by atoms with Gasteiger partial charge in [-0.2, -0.15) is 0 Å². The number of rotatable bonds is 3. The van der Waals surface area contributed by atoms with Gasteiger partial charge in [-0.05, 0) is 39.5 Å². The molecule has 1 saturated heterocycles. The summed E-state index contributed by atoms with van der Waals surface area (Å²) in [6.45, 7) is 4.19. The zero-order chi connectivity index (χ0) is 14.2. The van der Waals surface area contributed by atoms with Crippen molar-refractivity contribution in [3.8, 4) is 0 Å². The molecule has 5 nitrogen and oxygen atoms in total. The molecule has 1 aliphatic carbocycles. The first kappa shape index (κ1) is 14.0. The van der Waals surface area contributed by atoms with E-state index in [2.05, 4.69) is 10.3 Å². The SMILES string of the molecule is CC(C)(O)c1cn(CC2CCC3(CCCCC3)O2)nn1. The predicted molar refractivity (Wildman–Crippen MR) is 75.2 cm³/mol. The Morgan fingerprint density at radius 2 is 2.10 bits per heavy atom. The Bertz CT molecular complexity index is 458. The van der Waals surface area contributed by atoms with Crippen LogP contribution in [0.25, 0.3) is 0 Å². The first-order valence-corrected chi connectivity index (χ1v) is 7.78. The largest absolute Gasteiger partial charge is 0.384 e. The first-order chi connectivity index (χ1) is 9.47. The van der Waals surface area contributed by atoms with Crippen LogP contribution in [0.3, 0.4) is 0 Å². The van der Waals surface area contributed by atoms with Gasteiger partial charge < -0.3 is 9.84 Å². The summed E-state index contributed by atoms with van der Waals surface area (Å²) in [5, 5.41) is 18.1. The molecule has 1 spiro atoms. The minimum atomic E-state index is -0.931. The topological polar surface area (TPSA) is 60.2 Å². The fourth-order valence-electron chi connectivity index (χ4n) is 3.46. The summed E-state index contributed by atoms with van der Waals surface area (Å²) in [5.41, 5.74) is -0.162. The van der Waals surface area contributed by atoms with Gasteiger partial charge in [-0.3, -0.25) is 0 Å². The molecule has 3 rings (SSSR count). The second-order valence-electron chi connectivity index (χ2n) is 6.91. The van der Waals surface area contributed by atoms with Crippen LogP contribution < -0.4 is 0 Å². The molecular formula is C15H25N3O2. The van der Waals surface area contributed by atoms with Crippen molar-refractivity contribution in [1.29, 1.82) is 0 Å². The molecule has 20 heavy (non-hydrogen) atoms. The number of nitrogens with zero attached hydrogens (tertiary/aromatic N) is 3. The number of aromatic nitrogens is 3. The van der Waals surface area contributed by atoms with Crippen molar-refractivity contribution in [1.82, 2.24) is 15.0 Å². The van der Waals surface area contributed by atoms with Crippen LogP contribution in [0.1, 0.15) is 64.5 Å². The predicted octanol–water partition coefficient (Wildman–Crippen LogP) is 2.39. The third-order valence-electron chi connectivity index (χ3n) is 4.66. The zero-order valence-corrected chi connectivity index (χ0v) is 12.5. The second-order valence-corrected chi connectivity index (χ2v) is 6.91. The van der Waals surface area contributed by atoms with E-state index in [-0.39, 0.29) is 11.7 Å². The lowest BCUT2D eigenvalue weighted by molar-refractivity contribution is -0.0689. The molecule has 0 amide bonds. The number of hydrogen-bond donors (Lipinski definition) is 1. The maximum absolute atomic E-state index is 9.91. The zero-order valence-electron chi connectivity index (χ0n) is 12.5. The van der Waals surface area contributed by atoms with E-state index in [1.54, 1.807) is 18.5 Å². The van der Waals surface area contributed by atoms with Crippen molar-refractivity contribution >= 4 is 0 Å². The van der Waals surface area contributed by atoms with Crippen LogP contribution in [-0.4, -0.2) is 31.8 Å². The maximum atomic E-state index is 9.91. The van der Waals surface area contributed by atoms with Crippen LogP contribution in [0.15, 0.2) is 6.20 Å². The standard InChI is InChI=1S/C15H25N3O2/c1-14(2,19)13-11-18(17-16-13)10-12-6-9-15(20-12)7-4-3-5-8-15/h11-12,19H,3-10H2,1-2H3. The van der Waals surface area contributed by atoms with E-state index in [0.29, 0.717) is 5.69 Å². The van der Waals surface area contributed by atoms with Crippen LogP contribution in [0.5, 0.6) is 0 Å². The molecular weight excluding hydrogens is 254 g/mol. The van der Waals surface area contributed by atoms with Crippen LogP contribution in [-0.2, 0) is 16.9 Å². The van der Waals surface area contributed by atoms with E-state index in [1.807, 2.05) is 6.20 Å². The molecule has 1 N–H and O–H groups in total. The smallest absolute Gasteiger partial charge is 0.114 e. The summed E-state index contributed by atoms with van der Waals surface area (Å²) in [5.74, 6) is 0.